The number of hydrogen-bond donors (Lipinski definition) is 0. The van der Waals surface area contributed by atoms with Crippen LogP contribution in [0.15, 0.2) is 30.3 Å². The van der Waals surface area contributed by atoms with E-state index in [9.17, 15) is 10.1 Å². The van der Waals surface area contributed by atoms with Crippen LogP contribution in [0.2, 0.25) is 0 Å². The average molecular weight is 353 g/mol. The monoisotopic (exact) mass is 353 g/mol. The Morgan fingerprint density at radius 3 is 2.81 bits per heavy atom. The summed E-state index contributed by atoms with van der Waals surface area (Å²) in [5, 5.41) is 9.62. The highest BCUT2D eigenvalue weighted by atomic mass is 16.6. The maximum absolute atomic E-state index is 13.0. The van der Waals surface area contributed by atoms with Crippen LogP contribution in [-0.4, -0.2) is 35.3 Å². The van der Waals surface area contributed by atoms with Crippen LogP contribution in [0.4, 0.5) is 10.5 Å². The fourth-order valence-corrected chi connectivity index (χ4v) is 3.94. The molecule has 3 rings (SSSR count). The van der Waals surface area contributed by atoms with E-state index in [4.69, 9.17) is 4.74 Å². The number of fused-ring (bicyclic) bond motifs is 1. The summed E-state index contributed by atoms with van der Waals surface area (Å²) in [7, 11) is 0. The molecule has 1 fully saturated rings. The van der Waals surface area contributed by atoms with E-state index in [1.165, 1.54) is 0 Å². The van der Waals surface area contributed by atoms with Gasteiger partial charge in [-0.2, -0.15) is 5.26 Å². The van der Waals surface area contributed by atoms with Crippen molar-refractivity contribution >= 4 is 17.9 Å². The normalized spacial score (nSPS) is 22.5. The number of nitrogens with zero attached hydrogens (tertiary/aromatic N) is 3. The predicted molar refractivity (Wildman–Crippen MR) is 103 cm³/mol. The van der Waals surface area contributed by atoms with Crippen molar-refractivity contribution < 1.29 is 9.53 Å². The lowest BCUT2D eigenvalue weighted by Gasteiger charge is -2.53. The third kappa shape index (κ3) is 3.41. The Labute approximate surface area is 155 Å². The van der Waals surface area contributed by atoms with Crippen molar-refractivity contribution in [2.45, 2.75) is 57.7 Å². The quantitative estimate of drug-likeness (QED) is 0.782. The van der Waals surface area contributed by atoms with Crippen molar-refractivity contribution in [2.75, 3.05) is 18.0 Å². The number of benzene rings is 1. The third-order valence-corrected chi connectivity index (χ3v) is 5.00. The van der Waals surface area contributed by atoms with E-state index in [2.05, 4.69) is 35.3 Å². The molecule has 2 aliphatic heterocycles. The van der Waals surface area contributed by atoms with Gasteiger partial charge in [-0.15, -0.1) is 0 Å². The Morgan fingerprint density at radius 1 is 1.31 bits per heavy atom. The Balaban J connectivity index is 2.03. The van der Waals surface area contributed by atoms with Crippen molar-refractivity contribution in [1.29, 1.82) is 5.26 Å². The number of piperidine rings is 1. The Kier molecular flexibility index (Phi) is 4.95. The molecule has 1 aromatic carbocycles. The number of para-hydroxylation sites is 1. The first-order chi connectivity index (χ1) is 12.4. The second kappa shape index (κ2) is 7.03. The van der Waals surface area contributed by atoms with Gasteiger partial charge in [0, 0.05) is 18.8 Å². The number of rotatable bonds is 2. The summed E-state index contributed by atoms with van der Waals surface area (Å²) in [5.74, 6) is 0. The van der Waals surface area contributed by atoms with Crippen LogP contribution in [0.3, 0.4) is 0 Å². The topological polar surface area (TPSA) is 56.6 Å². The fourth-order valence-electron chi connectivity index (χ4n) is 3.94. The van der Waals surface area contributed by atoms with E-state index in [-0.39, 0.29) is 12.5 Å². The predicted octanol–water partition coefficient (Wildman–Crippen LogP) is 4.55. The van der Waals surface area contributed by atoms with Crippen molar-refractivity contribution in [2.24, 2.45) is 0 Å². The first-order valence-electron chi connectivity index (χ1n) is 9.28. The number of amides is 1. The molecule has 5 nitrogen and oxygen atoms in total. The van der Waals surface area contributed by atoms with Crippen LogP contribution in [0.25, 0.3) is 6.08 Å². The fraction of sp³-hybridized carbons (Fsp3) is 0.524. The minimum absolute atomic E-state index is 0.258. The van der Waals surface area contributed by atoms with Gasteiger partial charge in [0.05, 0.1) is 12.5 Å². The lowest BCUT2D eigenvalue weighted by molar-refractivity contribution is -0.0154. The van der Waals surface area contributed by atoms with Crippen molar-refractivity contribution in [1.82, 2.24) is 4.90 Å². The lowest BCUT2D eigenvalue weighted by atomic mass is 9.88. The van der Waals surface area contributed by atoms with Crippen LogP contribution in [0.1, 0.15) is 52.0 Å². The molecule has 0 saturated carbocycles. The van der Waals surface area contributed by atoms with Crippen LogP contribution in [-0.2, 0) is 4.74 Å². The largest absolute Gasteiger partial charge is 0.444 e. The summed E-state index contributed by atoms with van der Waals surface area (Å²) in [6.45, 7) is 6.91. The highest BCUT2D eigenvalue weighted by Crippen LogP contribution is 2.41. The van der Waals surface area contributed by atoms with Gasteiger partial charge in [-0.3, -0.25) is 4.90 Å². The molecule has 0 N–H and O–H groups in total. The van der Waals surface area contributed by atoms with Crippen molar-refractivity contribution in [3.05, 3.63) is 35.9 Å². The molecule has 0 aromatic heterocycles. The van der Waals surface area contributed by atoms with Gasteiger partial charge in [-0.05, 0) is 51.7 Å². The molecule has 0 spiro atoms. The highest BCUT2D eigenvalue weighted by molar-refractivity contribution is 5.75. The SMILES string of the molecule is CC(C)(C)OC(=O)N1CCCCC1(CC#N)N1CC=Cc2ccccc21. The van der Waals surface area contributed by atoms with Gasteiger partial charge in [0.1, 0.15) is 11.3 Å². The molecule has 2 heterocycles. The molecule has 2 aliphatic rings. The van der Waals surface area contributed by atoms with Gasteiger partial charge in [0.2, 0.25) is 0 Å². The molecule has 138 valence electrons. The molecule has 1 atom stereocenters. The minimum atomic E-state index is -0.670. The maximum Gasteiger partial charge on any atom is 0.412 e. The molecule has 0 radical (unpaired) electrons. The average Bonchev–Trinajstić information content (AvgIpc) is 2.60. The molecule has 1 aromatic rings. The number of likely N-dealkylation sites (tertiary alicyclic amines) is 1. The molecular weight excluding hydrogens is 326 g/mol. The smallest absolute Gasteiger partial charge is 0.412 e. The minimum Gasteiger partial charge on any atom is -0.444 e. The number of ether oxygens (including phenoxy) is 1. The van der Waals surface area contributed by atoms with E-state index in [0.29, 0.717) is 13.1 Å². The van der Waals surface area contributed by atoms with Gasteiger partial charge in [-0.25, -0.2) is 4.79 Å². The Bertz CT molecular complexity index is 744. The second-order valence-electron chi connectivity index (χ2n) is 7.98. The summed E-state index contributed by atoms with van der Waals surface area (Å²) in [6.07, 6.45) is 6.81. The number of carbonyl (C=O) groups is 1. The van der Waals surface area contributed by atoms with Crippen LogP contribution < -0.4 is 4.90 Å². The maximum atomic E-state index is 13.0. The zero-order chi connectivity index (χ0) is 18.8. The summed E-state index contributed by atoms with van der Waals surface area (Å²) < 4.78 is 5.69. The molecule has 1 unspecified atom stereocenters. The number of nitriles is 1. The molecular formula is C21H27N3O2. The molecule has 5 heteroatoms. The summed E-state index contributed by atoms with van der Waals surface area (Å²) in [4.78, 5) is 17.0. The van der Waals surface area contributed by atoms with E-state index >= 15 is 0 Å². The number of anilines is 1. The molecule has 0 aliphatic carbocycles. The molecule has 0 bridgehead atoms. The van der Waals surface area contributed by atoms with Crippen molar-refractivity contribution in [3.63, 3.8) is 0 Å². The lowest BCUT2D eigenvalue weighted by Crippen LogP contribution is -2.65. The van der Waals surface area contributed by atoms with E-state index in [1.54, 1.807) is 4.90 Å². The van der Waals surface area contributed by atoms with Crippen LogP contribution in [0.5, 0.6) is 0 Å². The van der Waals surface area contributed by atoms with Crippen molar-refractivity contribution in [3.8, 4) is 6.07 Å². The van der Waals surface area contributed by atoms with Gasteiger partial charge in [0.25, 0.3) is 0 Å². The zero-order valence-electron chi connectivity index (χ0n) is 15.9. The van der Waals surface area contributed by atoms with Crippen LogP contribution in [0, 0.1) is 11.3 Å². The highest BCUT2D eigenvalue weighted by Gasteiger charge is 2.48. The summed E-state index contributed by atoms with van der Waals surface area (Å²) in [6, 6.07) is 10.5. The number of hydrogen-bond acceptors (Lipinski definition) is 4. The van der Waals surface area contributed by atoms with E-state index in [1.807, 2.05) is 32.9 Å². The van der Waals surface area contributed by atoms with Gasteiger partial charge < -0.3 is 9.64 Å². The van der Waals surface area contributed by atoms with Gasteiger partial charge >= 0.3 is 6.09 Å². The molecule has 1 saturated heterocycles. The van der Waals surface area contributed by atoms with E-state index < -0.39 is 11.3 Å². The number of carbonyl (C=O) groups excluding carboxylic acids is 1. The molecule has 1 amide bonds. The van der Waals surface area contributed by atoms with E-state index in [0.717, 1.165) is 30.5 Å². The standard InChI is InChI=1S/C21H27N3O2/c1-20(2,3)26-19(25)24-15-7-6-12-21(24,13-14-22)23-16-8-10-17-9-4-5-11-18(17)23/h4-5,8-11H,6-7,12-13,15-16H2,1-3H3. The van der Waals surface area contributed by atoms with Gasteiger partial charge in [-0.1, -0.05) is 30.4 Å². The zero-order valence-corrected chi connectivity index (χ0v) is 15.9. The third-order valence-electron chi connectivity index (χ3n) is 5.00. The first kappa shape index (κ1) is 18.3. The first-order valence-corrected chi connectivity index (χ1v) is 9.28. The second-order valence-corrected chi connectivity index (χ2v) is 7.98. The summed E-state index contributed by atoms with van der Waals surface area (Å²) in [5.41, 5.74) is 0.953. The Hall–Kier alpha value is -2.48. The van der Waals surface area contributed by atoms with Gasteiger partial charge in [0.15, 0.2) is 0 Å². The summed E-state index contributed by atoms with van der Waals surface area (Å²) >= 11 is 0. The van der Waals surface area contributed by atoms with Crippen LogP contribution >= 0.6 is 0 Å². The Morgan fingerprint density at radius 2 is 2.08 bits per heavy atom. The molecule has 26 heavy (non-hydrogen) atoms.